The van der Waals surface area contributed by atoms with Crippen molar-refractivity contribution >= 4 is 17.3 Å². The Labute approximate surface area is 123 Å². The van der Waals surface area contributed by atoms with Crippen molar-refractivity contribution in [1.82, 2.24) is 0 Å². The molecule has 2 aromatic rings. The Hall–Kier alpha value is -1.74. The van der Waals surface area contributed by atoms with E-state index in [2.05, 4.69) is 18.3 Å². The Balaban J connectivity index is 1.82. The Morgan fingerprint density at radius 3 is 2.65 bits per heavy atom. The smallest absolute Gasteiger partial charge is 0.141 e. The van der Waals surface area contributed by atoms with Crippen LogP contribution < -0.4 is 10.1 Å². The standard InChI is InChI=1S/C16H17ClFNO/c1-11-3-6-16(12(2)9-11)20-8-7-19-13-4-5-15(18)14(17)10-13/h3-6,9-10,19H,7-8H2,1-2H3. The van der Waals surface area contributed by atoms with Crippen LogP contribution in [0.3, 0.4) is 0 Å². The summed E-state index contributed by atoms with van der Waals surface area (Å²) in [5.74, 6) is 0.471. The molecule has 0 atom stereocenters. The molecule has 1 N–H and O–H groups in total. The molecule has 0 aliphatic carbocycles. The second kappa shape index (κ2) is 6.62. The minimum absolute atomic E-state index is 0.116. The van der Waals surface area contributed by atoms with E-state index in [1.165, 1.54) is 11.6 Å². The number of rotatable bonds is 5. The lowest BCUT2D eigenvalue weighted by Crippen LogP contribution is -2.12. The van der Waals surface area contributed by atoms with Gasteiger partial charge in [-0.25, -0.2) is 4.39 Å². The van der Waals surface area contributed by atoms with Crippen LogP contribution in [0.4, 0.5) is 10.1 Å². The van der Waals surface area contributed by atoms with Gasteiger partial charge in [0.25, 0.3) is 0 Å². The number of ether oxygens (including phenoxy) is 1. The van der Waals surface area contributed by atoms with Gasteiger partial charge >= 0.3 is 0 Å². The predicted molar refractivity (Wildman–Crippen MR) is 81.3 cm³/mol. The topological polar surface area (TPSA) is 21.3 Å². The molecule has 0 heterocycles. The molecule has 0 aliphatic rings. The van der Waals surface area contributed by atoms with Gasteiger partial charge in [-0.3, -0.25) is 0 Å². The van der Waals surface area contributed by atoms with Crippen LogP contribution in [0.15, 0.2) is 36.4 Å². The van der Waals surface area contributed by atoms with E-state index in [0.29, 0.717) is 13.2 Å². The van der Waals surface area contributed by atoms with Crippen LogP contribution in [0.5, 0.6) is 5.75 Å². The molecule has 0 aliphatic heterocycles. The van der Waals surface area contributed by atoms with Crippen molar-refractivity contribution < 1.29 is 9.13 Å². The largest absolute Gasteiger partial charge is 0.491 e. The van der Waals surface area contributed by atoms with E-state index in [1.807, 2.05) is 19.1 Å². The highest BCUT2D eigenvalue weighted by atomic mass is 35.5. The van der Waals surface area contributed by atoms with Crippen molar-refractivity contribution in [2.45, 2.75) is 13.8 Å². The molecule has 0 amide bonds. The zero-order valence-electron chi connectivity index (χ0n) is 11.5. The third kappa shape index (κ3) is 3.87. The zero-order valence-corrected chi connectivity index (χ0v) is 12.3. The minimum atomic E-state index is -0.413. The number of anilines is 1. The van der Waals surface area contributed by atoms with Gasteiger partial charge in [0, 0.05) is 12.2 Å². The molecule has 0 radical (unpaired) electrons. The summed E-state index contributed by atoms with van der Waals surface area (Å²) in [4.78, 5) is 0. The number of nitrogens with one attached hydrogen (secondary N) is 1. The lowest BCUT2D eigenvalue weighted by atomic mass is 10.1. The van der Waals surface area contributed by atoms with Crippen LogP contribution in [0.1, 0.15) is 11.1 Å². The van der Waals surface area contributed by atoms with Crippen LogP contribution in [0, 0.1) is 19.7 Å². The summed E-state index contributed by atoms with van der Waals surface area (Å²) in [6.07, 6.45) is 0. The highest BCUT2D eigenvalue weighted by Crippen LogP contribution is 2.20. The summed E-state index contributed by atoms with van der Waals surface area (Å²) in [6.45, 7) is 5.22. The zero-order chi connectivity index (χ0) is 14.5. The number of hydrogen-bond acceptors (Lipinski definition) is 2. The van der Waals surface area contributed by atoms with Gasteiger partial charge in [0.15, 0.2) is 0 Å². The maximum atomic E-state index is 13.0. The third-order valence-corrected chi connectivity index (χ3v) is 3.23. The van der Waals surface area contributed by atoms with Gasteiger partial charge in [-0.1, -0.05) is 29.3 Å². The molecule has 0 bridgehead atoms. The highest BCUT2D eigenvalue weighted by molar-refractivity contribution is 6.31. The Kier molecular flexibility index (Phi) is 4.85. The number of halogens is 2. The first kappa shape index (κ1) is 14.7. The molecular formula is C16H17ClFNO. The van der Waals surface area contributed by atoms with Gasteiger partial charge in [0.1, 0.15) is 18.2 Å². The van der Waals surface area contributed by atoms with E-state index < -0.39 is 5.82 Å². The van der Waals surface area contributed by atoms with Crippen molar-refractivity contribution in [2.24, 2.45) is 0 Å². The van der Waals surface area contributed by atoms with Gasteiger partial charge in [-0.2, -0.15) is 0 Å². The summed E-state index contributed by atoms with van der Waals surface area (Å²) < 4.78 is 18.7. The van der Waals surface area contributed by atoms with Crippen LogP contribution in [0.25, 0.3) is 0 Å². The predicted octanol–water partition coefficient (Wildman–Crippen LogP) is 4.59. The molecule has 0 fully saturated rings. The molecule has 2 nitrogen and oxygen atoms in total. The highest BCUT2D eigenvalue weighted by Gasteiger charge is 2.01. The average molecular weight is 294 g/mol. The van der Waals surface area contributed by atoms with Crippen molar-refractivity contribution in [2.75, 3.05) is 18.5 Å². The minimum Gasteiger partial charge on any atom is -0.491 e. The van der Waals surface area contributed by atoms with Gasteiger partial charge in [0.05, 0.1) is 5.02 Å². The lowest BCUT2D eigenvalue weighted by Gasteiger charge is -2.11. The van der Waals surface area contributed by atoms with E-state index >= 15 is 0 Å². The van der Waals surface area contributed by atoms with Crippen LogP contribution in [-0.2, 0) is 0 Å². The fourth-order valence-corrected chi connectivity index (χ4v) is 2.10. The van der Waals surface area contributed by atoms with E-state index in [1.54, 1.807) is 12.1 Å². The lowest BCUT2D eigenvalue weighted by molar-refractivity contribution is 0.330. The maximum Gasteiger partial charge on any atom is 0.141 e. The molecule has 106 valence electrons. The molecule has 4 heteroatoms. The van der Waals surface area contributed by atoms with Crippen LogP contribution >= 0.6 is 11.6 Å². The van der Waals surface area contributed by atoms with Crippen LogP contribution in [-0.4, -0.2) is 13.2 Å². The fraction of sp³-hybridized carbons (Fsp3) is 0.250. The van der Waals surface area contributed by atoms with E-state index in [-0.39, 0.29) is 5.02 Å². The molecule has 20 heavy (non-hydrogen) atoms. The van der Waals surface area contributed by atoms with E-state index in [4.69, 9.17) is 16.3 Å². The van der Waals surface area contributed by atoms with Gasteiger partial charge in [0.2, 0.25) is 0 Å². The van der Waals surface area contributed by atoms with E-state index in [0.717, 1.165) is 17.0 Å². The summed E-state index contributed by atoms with van der Waals surface area (Å²) >= 11 is 5.71. The van der Waals surface area contributed by atoms with Gasteiger partial charge in [-0.15, -0.1) is 0 Å². The summed E-state index contributed by atoms with van der Waals surface area (Å²) in [7, 11) is 0. The first-order valence-corrected chi connectivity index (χ1v) is 6.83. The number of aryl methyl sites for hydroxylation is 2. The molecule has 0 unspecified atom stereocenters. The van der Waals surface area contributed by atoms with Gasteiger partial charge < -0.3 is 10.1 Å². The van der Waals surface area contributed by atoms with Crippen molar-refractivity contribution in [3.05, 3.63) is 58.4 Å². The Bertz CT molecular complexity index is 601. The monoisotopic (exact) mass is 293 g/mol. The third-order valence-electron chi connectivity index (χ3n) is 2.94. The summed E-state index contributed by atoms with van der Waals surface area (Å²) in [5, 5.41) is 3.25. The van der Waals surface area contributed by atoms with E-state index in [9.17, 15) is 4.39 Å². The van der Waals surface area contributed by atoms with Crippen molar-refractivity contribution in [3.63, 3.8) is 0 Å². The summed E-state index contributed by atoms with van der Waals surface area (Å²) in [5.41, 5.74) is 3.12. The number of hydrogen-bond donors (Lipinski definition) is 1. The molecule has 0 spiro atoms. The first-order valence-electron chi connectivity index (χ1n) is 6.45. The Morgan fingerprint density at radius 1 is 1.15 bits per heavy atom. The normalized spacial score (nSPS) is 10.4. The first-order chi connectivity index (χ1) is 9.56. The number of benzene rings is 2. The Morgan fingerprint density at radius 2 is 1.95 bits per heavy atom. The SMILES string of the molecule is Cc1ccc(OCCNc2ccc(F)c(Cl)c2)c(C)c1. The average Bonchev–Trinajstić information content (AvgIpc) is 2.40. The fourth-order valence-electron chi connectivity index (χ4n) is 1.92. The second-order valence-electron chi connectivity index (χ2n) is 4.67. The molecule has 0 aromatic heterocycles. The maximum absolute atomic E-state index is 13.0. The quantitative estimate of drug-likeness (QED) is 0.814. The molecule has 0 saturated heterocycles. The second-order valence-corrected chi connectivity index (χ2v) is 5.08. The van der Waals surface area contributed by atoms with Crippen LogP contribution in [0.2, 0.25) is 5.02 Å². The molecular weight excluding hydrogens is 277 g/mol. The van der Waals surface area contributed by atoms with Gasteiger partial charge in [-0.05, 0) is 43.7 Å². The van der Waals surface area contributed by atoms with Crippen molar-refractivity contribution in [3.8, 4) is 5.75 Å². The summed E-state index contributed by atoms with van der Waals surface area (Å²) in [6, 6.07) is 10.6. The molecule has 0 saturated carbocycles. The molecule has 2 rings (SSSR count). The molecule has 2 aromatic carbocycles. The van der Waals surface area contributed by atoms with Crippen molar-refractivity contribution in [1.29, 1.82) is 0 Å².